The fourth-order valence-electron chi connectivity index (χ4n) is 4.21. The van der Waals surface area contributed by atoms with Gasteiger partial charge in [-0.15, -0.1) is 0 Å². The van der Waals surface area contributed by atoms with E-state index in [-0.39, 0.29) is 24.0 Å². The molecule has 3 aromatic rings. The van der Waals surface area contributed by atoms with Gasteiger partial charge in [-0.2, -0.15) is 4.99 Å². The molecule has 1 unspecified atom stereocenters. The number of nitrogens with zero attached hydrogens (tertiary/aromatic N) is 6. The maximum absolute atomic E-state index is 6.28. The Labute approximate surface area is 203 Å². The highest BCUT2D eigenvalue weighted by Crippen LogP contribution is 2.32. The van der Waals surface area contributed by atoms with E-state index in [0.29, 0.717) is 16.2 Å². The molecule has 1 fully saturated rings. The zero-order valence-corrected chi connectivity index (χ0v) is 19.8. The van der Waals surface area contributed by atoms with E-state index in [0.717, 1.165) is 49.2 Å². The third-order valence-corrected chi connectivity index (χ3v) is 5.99. The monoisotopic (exact) mass is 480 g/mol. The Kier molecular flexibility index (Phi) is 6.99. The van der Waals surface area contributed by atoms with Gasteiger partial charge in [0.05, 0.1) is 11.2 Å². The van der Waals surface area contributed by atoms with Crippen LogP contribution in [0.5, 0.6) is 0 Å². The largest absolute Gasteiger partial charge is 0.370 e. The number of nitrogens with two attached hydrogens (primary N) is 4. The lowest BCUT2D eigenvalue weighted by Gasteiger charge is -2.38. The SMILES string of the molecule is CCC(N=C(N)N)N1CCN(c2cccc(-c3nc(N=C(N)N)nc4ccc(Cl)cc34)c2)CC1. The molecule has 8 N–H and O–H groups in total. The van der Waals surface area contributed by atoms with Crippen molar-refractivity contribution in [3.63, 3.8) is 0 Å². The van der Waals surface area contributed by atoms with Gasteiger partial charge in [0.15, 0.2) is 11.9 Å². The van der Waals surface area contributed by atoms with Crippen molar-refractivity contribution in [2.24, 2.45) is 32.9 Å². The van der Waals surface area contributed by atoms with Gasteiger partial charge in [-0.1, -0.05) is 30.7 Å². The van der Waals surface area contributed by atoms with Crippen molar-refractivity contribution in [3.8, 4) is 11.3 Å². The first-order chi connectivity index (χ1) is 16.3. The van der Waals surface area contributed by atoms with Gasteiger partial charge in [0.2, 0.25) is 0 Å². The average molecular weight is 481 g/mol. The number of rotatable bonds is 6. The molecule has 1 aliphatic rings. The second-order valence-corrected chi connectivity index (χ2v) is 8.52. The van der Waals surface area contributed by atoms with E-state index in [9.17, 15) is 0 Å². The molecule has 0 radical (unpaired) electrons. The molecule has 1 aliphatic heterocycles. The van der Waals surface area contributed by atoms with Crippen molar-refractivity contribution in [2.75, 3.05) is 31.1 Å². The smallest absolute Gasteiger partial charge is 0.253 e. The van der Waals surface area contributed by atoms with Gasteiger partial charge in [0, 0.05) is 47.8 Å². The predicted molar refractivity (Wildman–Crippen MR) is 139 cm³/mol. The second kappa shape index (κ2) is 10.1. The van der Waals surface area contributed by atoms with Crippen LogP contribution < -0.4 is 27.8 Å². The van der Waals surface area contributed by atoms with Crippen molar-refractivity contribution in [1.29, 1.82) is 0 Å². The molecule has 0 saturated carbocycles. The summed E-state index contributed by atoms with van der Waals surface area (Å²) in [7, 11) is 0. The molecular weight excluding hydrogens is 452 g/mol. The minimum Gasteiger partial charge on any atom is -0.370 e. The van der Waals surface area contributed by atoms with E-state index in [1.54, 1.807) is 6.07 Å². The zero-order valence-electron chi connectivity index (χ0n) is 19.0. The fraction of sp³-hybridized carbons (Fsp3) is 0.304. The zero-order chi connectivity index (χ0) is 24.2. The van der Waals surface area contributed by atoms with Gasteiger partial charge in [0.1, 0.15) is 6.17 Å². The van der Waals surface area contributed by atoms with E-state index in [1.807, 2.05) is 24.3 Å². The Morgan fingerprint density at radius 3 is 2.44 bits per heavy atom. The number of hydrogen-bond donors (Lipinski definition) is 4. The number of halogens is 1. The topological polar surface area (TPSA) is 161 Å². The molecule has 2 heterocycles. The number of piperazine rings is 1. The summed E-state index contributed by atoms with van der Waals surface area (Å²) in [4.78, 5) is 22.1. The summed E-state index contributed by atoms with van der Waals surface area (Å²) in [6.07, 6.45) is 0.860. The van der Waals surface area contributed by atoms with Crippen molar-refractivity contribution < 1.29 is 0 Å². The molecule has 2 aromatic carbocycles. The Morgan fingerprint density at radius 2 is 1.76 bits per heavy atom. The van der Waals surface area contributed by atoms with Gasteiger partial charge in [0.25, 0.3) is 5.95 Å². The number of anilines is 1. The molecule has 1 aromatic heterocycles. The molecule has 34 heavy (non-hydrogen) atoms. The van der Waals surface area contributed by atoms with Crippen LogP contribution in [-0.4, -0.2) is 59.1 Å². The predicted octanol–water partition coefficient (Wildman–Crippen LogP) is 1.99. The lowest BCUT2D eigenvalue weighted by Crippen LogP contribution is -2.50. The van der Waals surface area contributed by atoms with Crippen LogP contribution in [0.1, 0.15) is 13.3 Å². The highest BCUT2D eigenvalue weighted by atomic mass is 35.5. The van der Waals surface area contributed by atoms with Crippen molar-refractivity contribution >= 4 is 46.1 Å². The summed E-state index contributed by atoms with van der Waals surface area (Å²) in [5.74, 6) is 0.227. The number of guanidine groups is 2. The number of fused-ring (bicyclic) bond motifs is 1. The van der Waals surface area contributed by atoms with Crippen LogP contribution in [0.15, 0.2) is 52.4 Å². The summed E-state index contributed by atoms with van der Waals surface area (Å²) < 4.78 is 0. The van der Waals surface area contributed by atoms with E-state index in [2.05, 4.69) is 48.8 Å². The summed E-state index contributed by atoms with van der Waals surface area (Å²) in [6, 6.07) is 13.7. The Bertz CT molecular complexity index is 1230. The van der Waals surface area contributed by atoms with Crippen molar-refractivity contribution in [3.05, 3.63) is 47.5 Å². The van der Waals surface area contributed by atoms with Crippen molar-refractivity contribution in [1.82, 2.24) is 14.9 Å². The molecule has 1 atom stereocenters. The molecule has 0 spiro atoms. The third kappa shape index (κ3) is 5.29. The molecule has 0 aliphatic carbocycles. The summed E-state index contributed by atoms with van der Waals surface area (Å²) in [6.45, 7) is 5.52. The number of aromatic nitrogens is 2. The Hall–Kier alpha value is -3.63. The molecule has 0 bridgehead atoms. The van der Waals surface area contributed by atoms with Crippen LogP contribution in [0.4, 0.5) is 11.6 Å². The van der Waals surface area contributed by atoms with Crippen LogP contribution >= 0.6 is 11.6 Å². The van der Waals surface area contributed by atoms with E-state index in [4.69, 9.17) is 34.5 Å². The molecule has 10 nitrogen and oxygen atoms in total. The molecule has 1 saturated heterocycles. The molecule has 4 rings (SSSR count). The van der Waals surface area contributed by atoms with Crippen molar-refractivity contribution in [2.45, 2.75) is 19.5 Å². The Morgan fingerprint density at radius 1 is 1.00 bits per heavy atom. The van der Waals surface area contributed by atoms with Gasteiger partial charge in [-0.05, 0) is 36.8 Å². The van der Waals surface area contributed by atoms with Crippen LogP contribution in [0.2, 0.25) is 5.02 Å². The first kappa shape index (κ1) is 23.5. The normalized spacial score (nSPS) is 15.2. The maximum atomic E-state index is 6.28. The number of aliphatic imine (C=N–C) groups is 2. The van der Waals surface area contributed by atoms with Crippen LogP contribution in [0.25, 0.3) is 22.2 Å². The quantitative estimate of drug-likeness (QED) is 0.307. The highest BCUT2D eigenvalue weighted by Gasteiger charge is 2.23. The van der Waals surface area contributed by atoms with Crippen LogP contribution in [0, 0.1) is 0 Å². The minimum atomic E-state index is -0.100. The van der Waals surface area contributed by atoms with E-state index >= 15 is 0 Å². The molecule has 0 amide bonds. The van der Waals surface area contributed by atoms with Crippen LogP contribution in [0.3, 0.4) is 0 Å². The lowest BCUT2D eigenvalue weighted by molar-refractivity contribution is 0.185. The molecule has 178 valence electrons. The Balaban J connectivity index is 1.64. The first-order valence-electron chi connectivity index (χ1n) is 11.1. The number of benzene rings is 2. The van der Waals surface area contributed by atoms with Gasteiger partial charge in [-0.25, -0.2) is 15.0 Å². The number of hydrogen-bond acceptors (Lipinski definition) is 6. The fourth-order valence-corrected chi connectivity index (χ4v) is 4.38. The average Bonchev–Trinajstić information content (AvgIpc) is 2.82. The van der Waals surface area contributed by atoms with Crippen LogP contribution in [-0.2, 0) is 0 Å². The molecule has 11 heteroatoms. The van der Waals surface area contributed by atoms with Gasteiger partial charge in [-0.3, -0.25) is 4.90 Å². The van der Waals surface area contributed by atoms with E-state index < -0.39 is 0 Å². The first-order valence-corrected chi connectivity index (χ1v) is 11.5. The lowest BCUT2D eigenvalue weighted by atomic mass is 10.1. The second-order valence-electron chi connectivity index (χ2n) is 8.09. The summed E-state index contributed by atoms with van der Waals surface area (Å²) in [5.41, 5.74) is 25.8. The third-order valence-electron chi connectivity index (χ3n) is 5.76. The molecular formula is C23H29ClN10. The van der Waals surface area contributed by atoms with E-state index in [1.165, 1.54) is 0 Å². The highest BCUT2D eigenvalue weighted by molar-refractivity contribution is 6.31. The summed E-state index contributed by atoms with van der Waals surface area (Å²) in [5, 5.41) is 1.43. The maximum Gasteiger partial charge on any atom is 0.253 e. The minimum absolute atomic E-state index is 0.00423. The summed E-state index contributed by atoms with van der Waals surface area (Å²) >= 11 is 6.28. The van der Waals surface area contributed by atoms with Gasteiger partial charge >= 0.3 is 0 Å². The van der Waals surface area contributed by atoms with Gasteiger partial charge < -0.3 is 27.8 Å². The standard InChI is InChI=1S/C23H29ClN10/c1-2-19(30-21(25)26)34-10-8-33(9-11-34)16-5-3-4-14(12-16)20-17-13-15(24)6-7-18(17)29-23(31-20)32-22(27)28/h3-7,12-13,19H,2,8-11H2,1H3,(H4,25,26,30)(H4,27,28,29,31,32).